The molecule has 0 N–H and O–H groups in total. The van der Waals surface area contributed by atoms with Crippen molar-refractivity contribution in [3.8, 4) is 11.5 Å². The van der Waals surface area contributed by atoms with Gasteiger partial charge >= 0.3 is 0 Å². The summed E-state index contributed by atoms with van der Waals surface area (Å²) in [5.74, 6) is 1.22. The number of carbonyl (C=O) groups is 1. The summed E-state index contributed by atoms with van der Waals surface area (Å²) in [4.78, 5) is 12.1. The summed E-state index contributed by atoms with van der Waals surface area (Å²) in [6.07, 6.45) is 3.28. The second kappa shape index (κ2) is 6.75. The van der Waals surface area contributed by atoms with Crippen molar-refractivity contribution in [2.24, 2.45) is 0 Å². The summed E-state index contributed by atoms with van der Waals surface area (Å²) >= 11 is 0. The summed E-state index contributed by atoms with van der Waals surface area (Å²) in [6, 6.07) is 13.0. The van der Waals surface area contributed by atoms with Crippen LogP contribution in [-0.2, 0) is 0 Å². The Balaban J connectivity index is 2.25. The number of benzene rings is 2. The standard InChI is InChI=1S/C18H18O3/c1-13-7-9-14(10-8-13)16(19)12-11-15-5-4-6-17(20-2)18(15)21-3/h4-12H,1-3H3/b12-11-. The SMILES string of the molecule is COc1cccc(/C=C\C(=O)c2ccc(C)cc2)c1OC. The third kappa shape index (κ3) is 3.51. The second-order valence-corrected chi connectivity index (χ2v) is 4.65. The lowest BCUT2D eigenvalue weighted by molar-refractivity contribution is 0.104. The molecule has 0 aliphatic rings. The molecule has 0 atom stereocenters. The van der Waals surface area contributed by atoms with Crippen LogP contribution in [0.1, 0.15) is 21.5 Å². The molecule has 0 saturated heterocycles. The first-order chi connectivity index (χ1) is 10.2. The summed E-state index contributed by atoms with van der Waals surface area (Å²) in [6.45, 7) is 1.99. The van der Waals surface area contributed by atoms with Gasteiger partial charge in [0.15, 0.2) is 17.3 Å². The number of ether oxygens (including phenoxy) is 2. The van der Waals surface area contributed by atoms with Gasteiger partial charge in [0.1, 0.15) is 0 Å². The van der Waals surface area contributed by atoms with Crippen LogP contribution in [0.2, 0.25) is 0 Å². The molecule has 2 aromatic carbocycles. The minimum Gasteiger partial charge on any atom is -0.493 e. The highest BCUT2D eigenvalue weighted by atomic mass is 16.5. The number of allylic oxidation sites excluding steroid dienone is 1. The van der Waals surface area contributed by atoms with Crippen molar-refractivity contribution in [3.05, 3.63) is 65.2 Å². The number of ketones is 1. The molecule has 2 rings (SSSR count). The first-order valence-corrected chi connectivity index (χ1v) is 6.65. The van der Waals surface area contributed by atoms with Crippen molar-refractivity contribution in [2.45, 2.75) is 6.92 Å². The Morgan fingerprint density at radius 3 is 2.33 bits per heavy atom. The van der Waals surface area contributed by atoms with Crippen molar-refractivity contribution < 1.29 is 14.3 Å². The van der Waals surface area contributed by atoms with Gasteiger partial charge in [0.25, 0.3) is 0 Å². The van der Waals surface area contributed by atoms with Gasteiger partial charge in [0, 0.05) is 11.1 Å². The largest absolute Gasteiger partial charge is 0.493 e. The lowest BCUT2D eigenvalue weighted by atomic mass is 10.1. The summed E-state index contributed by atoms with van der Waals surface area (Å²) in [5.41, 5.74) is 2.60. The molecule has 3 heteroatoms. The lowest BCUT2D eigenvalue weighted by Crippen LogP contribution is -1.95. The molecule has 108 valence electrons. The van der Waals surface area contributed by atoms with Crippen LogP contribution in [0, 0.1) is 6.92 Å². The fraction of sp³-hybridized carbons (Fsp3) is 0.167. The Morgan fingerprint density at radius 1 is 1.00 bits per heavy atom. The molecule has 0 aliphatic carbocycles. The topological polar surface area (TPSA) is 35.5 Å². The fourth-order valence-electron chi connectivity index (χ4n) is 2.02. The van der Waals surface area contributed by atoms with Crippen molar-refractivity contribution >= 4 is 11.9 Å². The molecule has 21 heavy (non-hydrogen) atoms. The maximum Gasteiger partial charge on any atom is 0.185 e. The van der Waals surface area contributed by atoms with E-state index in [2.05, 4.69) is 0 Å². The van der Waals surface area contributed by atoms with E-state index in [1.807, 2.05) is 49.4 Å². The van der Waals surface area contributed by atoms with Crippen molar-refractivity contribution in [1.82, 2.24) is 0 Å². The quantitative estimate of drug-likeness (QED) is 0.616. The van der Waals surface area contributed by atoms with Gasteiger partial charge in [-0.1, -0.05) is 42.0 Å². The molecule has 0 amide bonds. The van der Waals surface area contributed by atoms with Gasteiger partial charge in [-0.2, -0.15) is 0 Å². The van der Waals surface area contributed by atoms with E-state index in [9.17, 15) is 4.79 Å². The number of para-hydroxylation sites is 1. The molecule has 0 unspecified atom stereocenters. The predicted octanol–water partition coefficient (Wildman–Crippen LogP) is 3.91. The smallest absolute Gasteiger partial charge is 0.185 e. The Bertz CT molecular complexity index is 655. The van der Waals surface area contributed by atoms with Crippen LogP contribution < -0.4 is 9.47 Å². The number of rotatable bonds is 5. The van der Waals surface area contributed by atoms with Gasteiger partial charge in [-0.25, -0.2) is 0 Å². The third-order valence-electron chi connectivity index (χ3n) is 3.18. The minimum atomic E-state index is -0.0418. The van der Waals surface area contributed by atoms with Crippen LogP contribution in [-0.4, -0.2) is 20.0 Å². The molecule has 0 aliphatic heterocycles. The average Bonchev–Trinajstić information content (AvgIpc) is 2.52. The van der Waals surface area contributed by atoms with Crippen LogP contribution in [0.3, 0.4) is 0 Å². The average molecular weight is 282 g/mol. The lowest BCUT2D eigenvalue weighted by Gasteiger charge is -2.09. The third-order valence-corrected chi connectivity index (χ3v) is 3.18. The van der Waals surface area contributed by atoms with E-state index in [0.717, 1.165) is 11.1 Å². The first kappa shape index (κ1) is 14.9. The number of aryl methyl sites for hydroxylation is 1. The number of hydrogen-bond donors (Lipinski definition) is 0. The molecule has 0 heterocycles. The Morgan fingerprint density at radius 2 is 1.71 bits per heavy atom. The van der Waals surface area contributed by atoms with Crippen LogP contribution in [0.15, 0.2) is 48.5 Å². The van der Waals surface area contributed by atoms with Gasteiger partial charge in [-0.3, -0.25) is 4.79 Å². The van der Waals surface area contributed by atoms with Gasteiger partial charge in [-0.15, -0.1) is 0 Å². The zero-order chi connectivity index (χ0) is 15.2. The van der Waals surface area contributed by atoms with Gasteiger partial charge in [0.05, 0.1) is 14.2 Å². The predicted molar refractivity (Wildman–Crippen MR) is 84.1 cm³/mol. The summed E-state index contributed by atoms with van der Waals surface area (Å²) < 4.78 is 10.6. The van der Waals surface area contributed by atoms with E-state index in [4.69, 9.17) is 9.47 Å². The maximum atomic E-state index is 12.1. The van der Waals surface area contributed by atoms with Crippen LogP contribution in [0.25, 0.3) is 6.08 Å². The maximum absolute atomic E-state index is 12.1. The Kier molecular flexibility index (Phi) is 4.77. The molecule has 0 fully saturated rings. The van der Waals surface area contributed by atoms with E-state index < -0.39 is 0 Å². The molecular weight excluding hydrogens is 264 g/mol. The van der Waals surface area contributed by atoms with Crippen LogP contribution in [0.4, 0.5) is 0 Å². The van der Waals surface area contributed by atoms with Crippen LogP contribution in [0.5, 0.6) is 11.5 Å². The monoisotopic (exact) mass is 282 g/mol. The molecule has 3 nitrogen and oxygen atoms in total. The summed E-state index contributed by atoms with van der Waals surface area (Å²) in [5, 5.41) is 0. The van der Waals surface area contributed by atoms with Gasteiger partial charge in [-0.05, 0) is 25.1 Å². The van der Waals surface area contributed by atoms with Crippen molar-refractivity contribution in [2.75, 3.05) is 14.2 Å². The fourth-order valence-corrected chi connectivity index (χ4v) is 2.02. The number of hydrogen-bond acceptors (Lipinski definition) is 3. The molecular formula is C18H18O3. The first-order valence-electron chi connectivity index (χ1n) is 6.65. The zero-order valence-electron chi connectivity index (χ0n) is 12.4. The van der Waals surface area contributed by atoms with E-state index in [1.54, 1.807) is 26.4 Å². The van der Waals surface area contributed by atoms with E-state index in [1.165, 1.54) is 0 Å². The highest BCUT2D eigenvalue weighted by Gasteiger charge is 2.07. The highest BCUT2D eigenvalue weighted by Crippen LogP contribution is 2.31. The van der Waals surface area contributed by atoms with Gasteiger partial charge < -0.3 is 9.47 Å². The highest BCUT2D eigenvalue weighted by molar-refractivity contribution is 6.07. The molecule has 2 aromatic rings. The van der Waals surface area contributed by atoms with E-state index in [0.29, 0.717) is 17.1 Å². The van der Waals surface area contributed by atoms with Crippen molar-refractivity contribution in [3.63, 3.8) is 0 Å². The molecule has 0 spiro atoms. The normalized spacial score (nSPS) is 10.6. The molecule has 0 aromatic heterocycles. The molecule has 0 radical (unpaired) electrons. The zero-order valence-corrected chi connectivity index (χ0v) is 12.4. The molecule has 0 saturated carbocycles. The Labute approximate surface area is 124 Å². The number of methoxy groups -OCH3 is 2. The van der Waals surface area contributed by atoms with Gasteiger partial charge in [0.2, 0.25) is 0 Å². The van der Waals surface area contributed by atoms with E-state index >= 15 is 0 Å². The minimum absolute atomic E-state index is 0.0418. The number of carbonyl (C=O) groups excluding carboxylic acids is 1. The second-order valence-electron chi connectivity index (χ2n) is 4.65. The summed E-state index contributed by atoms with van der Waals surface area (Å²) in [7, 11) is 3.17. The molecule has 0 bridgehead atoms. The Hall–Kier alpha value is -2.55. The van der Waals surface area contributed by atoms with Crippen molar-refractivity contribution in [1.29, 1.82) is 0 Å². The van der Waals surface area contributed by atoms with E-state index in [-0.39, 0.29) is 5.78 Å². The van der Waals surface area contributed by atoms with Crippen LogP contribution >= 0.6 is 0 Å².